The summed E-state index contributed by atoms with van der Waals surface area (Å²) in [5, 5.41) is 26.4. The van der Waals surface area contributed by atoms with Crippen LogP contribution in [0.5, 0.6) is 0 Å². The number of hydrogen-bond donors (Lipinski definition) is 7. The summed E-state index contributed by atoms with van der Waals surface area (Å²) in [5.41, 5.74) is 7.20. The van der Waals surface area contributed by atoms with Crippen molar-refractivity contribution in [2.45, 2.75) is 44.4 Å². The summed E-state index contributed by atoms with van der Waals surface area (Å²) in [7, 11) is 0. The van der Waals surface area contributed by atoms with Gasteiger partial charge in [-0.25, -0.2) is 0 Å². The van der Waals surface area contributed by atoms with Gasteiger partial charge < -0.3 is 36.9 Å². The molecule has 1 heterocycles. The second kappa shape index (κ2) is 10.5. The van der Waals surface area contributed by atoms with Gasteiger partial charge in [0.1, 0.15) is 18.1 Å². The molecule has 0 radical (unpaired) electrons. The van der Waals surface area contributed by atoms with Crippen molar-refractivity contribution in [3.8, 4) is 0 Å². The Hall–Kier alpha value is -3.44. The second-order valence-electron chi connectivity index (χ2n) is 7.23. The maximum atomic E-state index is 12.9. The minimum Gasteiger partial charge on any atom is -0.480 e. The van der Waals surface area contributed by atoms with E-state index in [2.05, 4.69) is 20.9 Å². The molecule has 1 aromatic carbocycles. The minimum absolute atomic E-state index is 0.0968. The maximum absolute atomic E-state index is 12.9. The monoisotopic (exact) mass is 433 g/mol. The van der Waals surface area contributed by atoms with E-state index in [1.54, 1.807) is 6.20 Å². The molecule has 0 fully saturated rings. The molecule has 0 aliphatic carbocycles. The van der Waals surface area contributed by atoms with Gasteiger partial charge in [-0.3, -0.25) is 19.2 Å². The van der Waals surface area contributed by atoms with Crippen LogP contribution >= 0.6 is 0 Å². The third-order valence-electron chi connectivity index (χ3n) is 4.69. The second-order valence-corrected chi connectivity index (χ2v) is 7.23. The number of carboxylic acid groups (broad SMARTS) is 1. The van der Waals surface area contributed by atoms with Gasteiger partial charge in [0.2, 0.25) is 17.7 Å². The highest BCUT2D eigenvalue weighted by atomic mass is 16.4. The molecular formula is C20H27N5O6. The number of nitrogens with one attached hydrogen (secondary N) is 4. The van der Waals surface area contributed by atoms with E-state index in [9.17, 15) is 24.3 Å². The van der Waals surface area contributed by atoms with Gasteiger partial charge in [-0.05, 0) is 25.5 Å². The number of nitrogens with two attached hydrogens (primary N) is 1. The van der Waals surface area contributed by atoms with Crippen LogP contribution < -0.4 is 21.7 Å². The molecule has 3 amide bonds. The molecular weight excluding hydrogens is 406 g/mol. The van der Waals surface area contributed by atoms with Crippen molar-refractivity contribution in [3.05, 3.63) is 36.0 Å². The van der Waals surface area contributed by atoms with E-state index in [1.807, 2.05) is 24.3 Å². The van der Waals surface area contributed by atoms with Crippen LogP contribution in [0.25, 0.3) is 10.9 Å². The van der Waals surface area contributed by atoms with Crippen LogP contribution in [0.15, 0.2) is 30.5 Å². The lowest BCUT2D eigenvalue weighted by Gasteiger charge is -2.23. The molecule has 0 aliphatic heterocycles. The van der Waals surface area contributed by atoms with Gasteiger partial charge in [-0.1, -0.05) is 18.2 Å². The van der Waals surface area contributed by atoms with Crippen molar-refractivity contribution in [1.82, 2.24) is 20.9 Å². The summed E-state index contributed by atoms with van der Waals surface area (Å²) < 4.78 is 0. The van der Waals surface area contributed by atoms with Crippen LogP contribution in [0.3, 0.4) is 0 Å². The topological polar surface area (TPSA) is 187 Å². The number of aromatic nitrogens is 1. The third-order valence-corrected chi connectivity index (χ3v) is 4.69. The Kier molecular flexibility index (Phi) is 8.11. The number of carboxylic acids is 1. The Morgan fingerprint density at radius 1 is 1.00 bits per heavy atom. The van der Waals surface area contributed by atoms with Crippen molar-refractivity contribution < 1.29 is 29.4 Å². The summed E-state index contributed by atoms with van der Waals surface area (Å²) >= 11 is 0. The lowest BCUT2D eigenvalue weighted by Crippen LogP contribution is -2.58. The highest BCUT2D eigenvalue weighted by Gasteiger charge is 2.29. The Morgan fingerprint density at radius 3 is 2.23 bits per heavy atom. The zero-order valence-electron chi connectivity index (χ0n) is 17.2. The van der Waals surface area contributed by atoms with E-state index < -0.39 is 54.5 Å². The van der Waals surface area contributed by atoms with Crippen molar-refractivity contribution in [3.63, 3.8) is 0 Å². The number of fused-ring (bicyclic) bond motifs is 1. The predicted octanol–water partition coefficient (Wildman–Crippen LogP) is -1.39. The standard InChI is InChI=1S/C20H27N5O6/c1-10(21)17(27)24-15(7-12-8-22-14-6-4-3-5-13(12)14)18(28)25-16(9-26)19(29)23-11(2)20(30)31/h3-6,8,10-11,15-16,22,26H,7,9,21H2,1-2H3,(H,23,29)(H,24,27)(H,25,28)(H,30,31). The number of aliphatic carboxylic acids is 1. The van der Waals surface area contributed by atoms with Gasteiger partial charge in [0, 0.05) is 23.5 Å². The van der Waals surface area contributed by atoms with E-state index in [0.717, 1.165) is 16.5 Å². The zero-order chi connectivity index (χ0) is 23.1. The molecule has 0 spiro atoms. The first kappa shape index (κ1) is 23.8. The molecule has 0 bridgehead atoms. The number of aliphatic hydroxyl groups excluding tert-OH is 1. The van der Waals surface area contributed by atoms with Gasteiger partial charge in [0.25, 0.3) is 0 Å². The number of aromatic amines is 1. The summed E-state index contributed by atoms with van der Waals surface area (Å²) in [6.07, 6.45) is 1.81. The van der Waals surface area contributed by atoms with E-state index in [1.165, 1.54) is 13.8 Å². The van der Waals surface area contributed by atoms with Crippen LogP contribution in [0, 0.1) is 0 Å². The summed E-state index contributed by atoms with van der Waals surface area (Å²) in [6, 6.07) is 2.86. The Morgan fingerprint density at radius 2 is 1.61 bits per heavy atom. The zero-order valence-corrected chi connectivity index (χ0v) is 17.2. The van der Waals surface area contributed by atoms with Gasteiger partial charge in [-0.2, -0.15) is 0 Å². The quantitative estimate of drug-likeness (QED) is 0.240. The number of carbonyl (C=O) groups is 4. The van der Waals surface area contributed by atoms with Crippen LogP contribution in [0.2, 0.25) is 0 Å². The number of para-hydroxylation sites is 1. The fourth-order valence-corrected chi connectivity index (χ4v) is 2.87. The number of carbonyl (C=O) groups excluding carboxylic acids is 3. The lowest BCUT2D eigenvalue weighted by atomic mass is 10.0. The lowest BCUT2D eigenvalue weighted by molar-refractivity contribution is -0.142. The molecule has 4 atom stereocenters. The Balaban J connectivity index is 2.19. The van der Waals surface area contributed by atoms with Crippen molar-refractivity contribution >= 4 is 34.6 Å². The molecule has 8 N–H and O–H groups in total. The molecule has 31 heavy (non-hydrogen) atoms. The number of hydrogen-bond acceptors (Lipinski definition) is 6. The summed E-state index contributed by atoms with van der Waals surface area (Å²) in [5.74, 6) is -3.42. The van der Waals surface area contributed by atoms with Gasteiger partial charge in [0.15, 0.2) is 0 Å². The number of H-pyrrole nitrogens is 1. The SMILES string of the molecule is CC(N)C(=O)NC(Cc1c[nH]c2ccccc12)C(=O)NC(CO)C(=O)NC(C)C(=O)O. The predicted molar refractivity (Wildman–Crippen MR) is 112 cm³/mol. The third kappa shape index (κ3) is 6.27. The molecule has 4 unspecified atom stereocenters. The van der Waals surface area contributed by atoms with E-state index in [-0.39, 0.29) is 6.42 Å². The first-order valence-corrected chi connectivity index (χ1v) is 9.69. The fourth-order valence-electron chi connectivity index (χ4n) is 2.87. The van der Waals surface area contributed by atoms with Crippen molar-refractivity contribution in [2.75, 3.05) is 6.61 Å². The van der Waals surface area contributed by atoms with Gasteiger partial charge in [-0.15, -0.1) is 0 Å². The van der Waals surface area contributed by atoms with Gasteiger partial charge >= 0.3 is 5.97 Å². The highest BCUT2D eigenvalue weighted by Crippen LogP contribution is 2.19. The Labute approximate surface area is 178 Å². The molecule has 168 valence electrons. The van der Waals surface area contributed by atoms with Crippen LogP contribution in [-0.4, -0.2) is 69.7 Å². The van der Waals surface area contributed by atoms with Crippen LogP contribution in [0.1, 0.15) is 19.4 Å². The largest absolute Gasteiger partial charge is 0.480 e. The number of aliphatic hydroxyl groups is 1. The highest BCUT2D eigenvalue weighted by molar-refractivity contribution is 5.94. The molecule has 11 nitrogen and oxygen atoms in total. The molecule has 2 aromatic rings. The normalized spacial score (nSPS) is 14.8. The molecule has 11 heteroatoms. The van der Waals surface area contributed by atoms with E-state index in [0.29, 0.717) is 0 Å². The molecule has 0 saturated carbocycles. The molecule has 1 aromatic heterocycles. The molecule has 2 rings (SSSR count). The number of amides is 3. The van der Waals surface area contributed by atoms with Crippen molar-refractivity contribution in [1.29, 1.82) is 0 Å². The average Bonchev–Trinajstić information content (AvgIpc) is 3.13. The van der Waals surface area contributed by atoms with Gasteiger partial charge in [0.05, 0.1) is 12.6 Å². The number of rotatable bonds is 10. The first-order valence-electron chi connectivity index (χ1n) is 9.69. The average molecular weight is 433 g/mol. The van der Waals surface area contributed by atoms with Crippen LogP contribution in [-0.2, 0) is 25.6 Å². The molecule has 0 saturated heterocycles. The van der Waals surface area contributed by atoms with Crippen molar-refractivity contribution in [2.24, 2.45) is 5.73 Å². The summed E-state index contributed by atoms with van der Waals surface area (Å²) in [6.45, 7) is 1.96. The fraction of sp³-hybridized carbons (Fsp3) is 0.400. The maximum Gasteiger partial charge on any atom is 0.325 e. The van der Waals surface area contributed by atoms with Crippen LogP contribution in [0.4, 0.5) is 0 Å². The number of benzene rings is 1. The smallest absolute Gasteiger partial charge is 0.325 e. The molecule has 0 aliphatic rings. The minimum atomic E-state index is -1.40. The van der Waals surface area contributed by atoms with E-state index in [4.69, 9.17) is 10.8 Å². The first-order chi connectivity index (χ1) is 14.6. The summed E-state index contributed by atoms with van der Waals surface area (Å²) in [4.78, 5) is 51.2. The van der Waals surface area contributed by atoms with E-state index >= 15 is 0 Å². The Bertz CT molecular complexity index is 956.